The van der Waals surface area contributed by atoms with Crippen molar-refractivity contribution in [1.82, 2.24) is 30.7 Å². The van der Waals surface area contributed by atoms with Gasteiger partial charge < -0.3 is 25.8 Å². The molecule has 1 aromatic carbocycles. The van der Waals surface area contributed by atoms with Crippen molar-refractivity contribution in [3.63, 3.8) is 0 Å². The Kier molecular flexibility index (Phi) is 12.5. The summed E-state index contributed by atoms with van der Waals surface area (Å²) in [7, 11) is 1.99. The Labute approximate surface area is 276 Å². The summed E-state index contributed by atoms with van der Waals surface area (Å²) < 4.78 is 20.5. The quantitative estimate of drug-likeness (QED) is 0.313. The van der Waals surface area contributed by atoms with Crippen LogP contribution >= 0.6 is 0 Å². The molecule has 1 aromatic heterocycles. The minimum absolute atomic E-state index is 0.0233. The number of hydrogen-bond acceptors (Lipinski definition) is 8. The van der Waals surface area contributed by atoms with E-state index in [1.54, 1.807) is 24.8 Å². The average molecular weight is 656 g/mol. The first-order valence-electron chi connectivity index (χ1n) is 16.9. The highest BCUT2D eigenvalue weighted by Gasteiger charge is 2.36. The predicted molar refractivity (Wildman–Crippen MR) is 175 cm³/mol. The average Bonchev–Trinajstić information content (AvgIpc) is 3.56. The molecule has 258 valence electrons. The monoisotopic (exact) mass is 655 g/mol. The first kappa shape index (κ1) is 36.0. The Hall–Kier alpha value is -3.87. The van der Waals surface area contributed by atoms with Gasteiger partial charge in [-0.2, -0.15) is 0 Å². The fraction of sp³-hybridized carbons (Fsp3) is 0.647. The van der Waals surface area contributed by atoms with Crippen molar-refractivity contribution in [2.24, 2.45) is 17.8 Å². The molecule has 2 heterocycles. The van der Waals surface area contributed by atoms with Crippen molar-refractivity contribution in [2.45, 2.75) is 91.1 Å². The van der Waals surface area contributed by atoms with Gasteiger partial charge >= 0.3 is 0 Å². The van der Waals surface area contributed by atoms with E-state index in [4.69, 9.17) is 4.63 Å². The molecule has 4 amide bonds. The number of likely N-dealkylation sites (N-methyl/N-ethyl adjacent to an activating group) is 1. The first-order chi connectivity index (χ1) is 22.4. The van der Waals surface area contributed by atoms with E-state index in [0.717, 1.165) is 38.8 Å². The molecule has 0 unspecified atom stereocenters. The summed E-state index contributed by atoms with van der Waals surface area (Å²) in [5.41, 5.74) is 0.863. The van der Waals surface area contributed by atoms with Crippen molar-refractivity contribution < 1.29 is 28.2 Å². The van der Waals surface area contributed by atoms with Crippen LogP contribution in [-0.2, 0) is 20.8 Å². The molecule has 1 saturated carbocycles. The second kappa shape index (κ2) is 16.3. The lowest BCUT2D eigenvalue weighted by molar-refractivity contribution is -0.138. The lowest BCUT2D eigenvalue weighted by Crippen LogP contribution is -2.55. The van der Waals surface area contributed by atoms with E-state index < -0.39 is 35.6 Å². The van der Waals surface area contributed by atoms with Crippen LogP contribution in [0, 0.1) is 23.6 Å². The van der Waals surface area contributed by atoms with Gasteiger partial charge in [0.05, 0.1) is 5.69 Å². The molecule has 1 saturated heterocycles. The van der Waals surface area contributed by atoms with E-state index in [1.807, 2.05) is 20.9 Å². The Bertz CT molecular complexity index is 1400. The van der Waals surface area contributed by atoms with E-state index in [9.17, 15) is 19.2 Å². The van der Waals surface area contributed by atoms with E-state index in [0.29, 0.717) is 36.7 Å². The van der Waals surface area contributed by atoms with E-state index in [2.05, 4.69) is 38.1 Å². The molecule has 0 spiro atoms. The summed E-state index contributed by atoms with van der Waals surface area (Å²) in [5.74, 6) is -2.25. The third kappa shape index (κ3) is 8.94. The summed E-state index contributed by atoms with van der Waals surface area (Å²) in [4.78, 5) is 56.9. The van der Waals surface area contributed by atoms with Crippen LogP contribution in [-0.4, -0.2) is 89.1 Å². The highest BCUT2D eigenvalue weighted by molar-refractivity contribution is 6.01. The van der Waals surface area contributed by atoms with Crippen molar-refractivity contribution in [1.29, 1.82) is 0 Å². The molecular weight excluding hydrogens is 605 g/mol. The molecule has 2 fully saturated rings. The normalized spacial score (nSPS) is 21.3. The Balaban J connectivity index is 1.53. The van der Waals surface area contributed by atoms with Crippen LogP contribution in [0.3, 0.4) is 0 Å². The summed E-state index contributed by atoms with van der Waals surface area (Å²) in [6, 6.07) is 2.57. The Morgan fingerprint density at radius 3 is 2.28 bits per heavy atom. The van der Waals surface area contributed by atoms with E-state index >= 15 is 4.39 Å². The third-order valence-electron chi connectivity index (χ3n) is 10.0. The topological polar surface area (TPSA) is 150 Å². The van der Waals surface area contributed by atoms with Crippen molar-refractivity contribution in [2.75, 3.05) is 38.5 Å². The molecule has 12 nitrogen and oxygen atoms in total. The fourth-order valence-corrected chi connectivity index (χ4v) is 6.56. The van der Waals surface area contributed by atoms with Gasteiger partial charge in [-0.3, -0.25) is 19.2 Å². The van der Waals surface area contributed by atoms with Gasteiger partial charge in [0.15, 0.2) is 5.69 Å². The van der Waals surface area contributed by atoms with Gasteiger partial charge in [-0.1, -0.05) is 58.7 Å². The zero-order valence-corrected chi connectivity index (χ0v) is 28.5. The fourth-order valence-electron chi connectivity index (χ4n) is 6.56. The summed E-state index contributed by atoms with van der Waals surface area (Å²) in [6.07, 6.45) is 4.57. The molecule has 0 bridgehead atoms. The zero-order valence-electron chi connectivity index (χ0n) is 28.5. The maximum Gasteiger partial charge on any atom is 0.276 e. The second-order valence-corrected chi connectivity index (χ2v) is 13.3. The molecule has 1 aliphatic carbocycles. The number of aryl methyl sites for hydroxylation is 1. The maximum atomic E-state index is 15.7. The number of carbonyl (C=O) groups excluding carboxylic acids is 4. The first-order valence-corrected chi connectivity index (χ1v) is 16.9. The maximum absolute atomic E-state index is 15.7. The molecule has 1 aliphatic heterocycles. The number of hydrogen-bond donors (Lipinski definition) is 3. The van der Waals surface area contributed by atoms with Gasteiger partial charge in [0.2, 0.25) is 17.7 Å². The number of piperazine rings is 1. The number of nitrogens with one attached hydrogen (secondary N) is 3. The van der Waals surface area contributed by atoms with Gasteiger partial charge in [-0.05, 0) is 66.9 Å². The van der Waals surface area contributed by atoms with Gasteiger partial charge in [0.25, 0.3) is 5.91 Å². The lowest BCUT2D eigenvalue weighted by Gasteiger charge is -2.36. The number of aromatic nitrogens is 2. The molecule has 47 heavy (non-hydrogen) atoms. The molecule has 4 rings (SSSR count). The van der Waals surface area contributed by atoms with E-state index in [-0.39, 0.29) is 41.5 Å². The van der Waals surface area contributed by atoms with E-state index in [1.165, 1.54) is 12.1 Å². The largest absolute Gasteiger partial charge is 0.344 e. The molecule has 2 aromatic rings. The van der Waals surface area contributed by atoms with Crippen LogP contribution in [0.5, 0.6) is 0 Å². The Morgan fingerprint density at radius 2 is 1.66 bits per heavy atom. The SMILES string of the molecule is CCC(=O)N[C@@H](C(=O)N1CCN(C)CC1)[C@@H](C)c1ccc(NC(=O)[C@@H](NC(=O)c2nonc2CC)[C@H](C)C2CCC(C)CC2)c(F)c1. The number of nitrogens with zero attached hydrogens (tertiary/aromatic N) is 4. The molecule has 0 radical (unpaired) electrons. The van der Waals surface area contributed by atoms with Crippen LogP contribution in [0.4, 0.5) is 10.1 Å². The highest BCUT2D eigenvalue weighted by atomic mass is 19.1. The van der Waals surface area contributed by atoms with Crippen LogP contribution in [0.25, 0.3) is 0 Å². The van der Waals surface area contributed by atoms with Gasteiger partial charge in [-0.15, -0.1) is 0 Å². The minimum Gasteiger partial charge on any atom is -0.344 e. The molecule has 3 N–H and O–H groups in total. The zero-order chi connectivity index (χ0) is 34.2. The van der Waals surface area contributed by atoms with Crippen LogP contribution < -0.4 is 16.0 Å². The van der Waals surface area contributed by atoms with Gasteiger partial charge in [-0.25, -0.2) is 9.02 Å². The van der Waals surface area contributed by atoms with Gasteiger partial charge in [0.1, 0.15) is 23.6 Å². The molecule has 4 atom stereocenters. The number of rotatable bonds is 12. The van der Waals surface area contributed by atoms with Crippen LogP contribution in [0.1, 0.15) is 94.4 Å². The number of carbonyl (C=O) groups is 4. The standard InChI is InChI=1S/C34H50FN7O5/c1-7-26-31(40-47-39-26)33(45)38-29(21(4)23-11-9-20(3)10-12-23)32(44)36-27-14-13-24(19-25(27)35)22(5)30(37-28(43)8-2)34(46)42-17-15-41(6)16-18-42/h13-14,19-23,29-30H,7-12,15-18H2,1-6H3,(H,36,44)(H,37,43)(H,38,45)/t20?,21-,22+,23?,29+,30-/m1/s1. The lowest BCUT2D eigenvalue weighted by atomic mass is 9.74. The summed E-state index contributed by atoms with van der Waals surface area (Å²) in [5, 5.41) is 15.9. The summed E-state index contributed by atoms with van der Waals surface area (Å²) in [6.45, 7) is 12.0. The number of amides is 4. The highest BCUT2D eigenvalue weighted by Crippen LogP contribution is 2.35. The third-order valence-corrected chi connectivity index (χ3v) is 10.0. The second-order valence-electron chi connectivity index (χ2n) is 13.3. The molecular formula is C34H50FN7O5. The smallest absolute Gasteiger partial charge is 0.276 e. The van der Waals surface area contributed by atoms with Crippen molar-refractivity contribution in [3.8, 4) is 0 Å². The summed E-state index contributed by atoms with van der Waals surface area (Å²) >= 11 is 0. The Morgan fingerprint density at radius 1 is 0.979 bits per heavy atom. The molecule has 2 aliphatic rings. The predicted octanol–water partition coefficient (Wildman–Crippen LogP) is 3.74. The number of benzene rings is 1. The number of halogens is 1. The van der Waals surface area contributed by atoms with Crippen LogP contribution in [0.15, 0.2) is 22.8 Å². The van der Waals surface area contributed by atoms with Crippen molar-refractivity contribution in [3.05, 3.63) is 41.0 Å². The minimum atomic E-state index is -0.963. The van der Waals surface area contributed by atoms with Crippen molar-refractivity contribution >= 4 is 29.3 Å². The van der Waals surface area contributed by atoms with Crippen LogP contribution in [0.2, 0.25) is 0 Å². The van der Waals surface area contributed by atoms with Gasteiger partial charge in [0, 0.05) is 38.5 Å². The molecule has 13 heteroatoms. The number of anilines is 1.